The molecule has 21 heavy (non-hydrogen) atoms. The van der Waals surface area contributed by atoms with E-state index in [1.54, 1.807) is 34.1 Å². The van der Waals surface area contributed by atoms with Crippen LogP contribution in [0.2, 0.25) is 5.02 Å². The summed E-state index contributed by atoms with van der Waals surface area (Å²) in [7, 11) is 0. The summed E-state index contributed by atoms with van der Waals surface area (Å²) in [4.78, 5) is 17.2. The highest BCUT2D eigenvalue weighted by Gasteiger charge is 2.20. The molecule has 3 aromatic rings. The summed E-state index contributed by atoms with van der Waals surface area (Å²) in [5, 5.41) is 5.29. The molecule has 3 heterocycles. The van der Waals surface area contributed by atoms with Gasteiger partial charge in [0.05, 0.1) is 10.9 Å². The van der Waals surface area contributed by atoms with Crippen molar-refractivity contribution in [3.05, 3.63) is 61.8 Å². The first-order valence-electron chi connectivity index (χ1n) is 6.65. The molecule has 0 aliphatic carbocycles. The van der Waals surface area contributed by atoms with E-state index in [0.29, 0.717) is 22.5 Å². The molecule has 1 aliphatic rings. The normalized spacial score (nSPS) is 15.8. The molecule has 3 nitrogen and oxygen atoms in total. The van der Waals surface area contributed by atoms with E-state index < -0.39 is 0 Å². The molecule has 5 heteroatoms. The number of nitrogens with zero attached hydrogens (tertiary/aromatic N) is 2. The number of hydrogen-bond acceptors (Lipinski definition) is 3. The molecule has 0 radical (unpaired) electrons. The molecule has 0 saturated heterocycles. The second-order valence-electron chi connectivity index (χ2n) is 5.03. The third kappa shape index (κ3) is 2.11. The Morgan fingerprint density at radius 2 is 2.24 bits per heavy atom. The highest BCUT2D eigenvalue weighted by Crippen LogP contribution is 2.28. The summed E-state index contributed by atoms with van der Waals surface area (Å²) < 4.78 is 1.75. The summed E-state index contributed by atoms with van der Waals surface area (Å²) in [6.45, 7) is 0.680. The van der Waals surface area contributed by atoms with Gasteiger partial charge in [-0.15, -0.1) is 0 Å². The van der Waals surface area contributed by atoms with Gasteiger partial charge in [0.1, 0.15) is 5.82 Å². The van der Waals surface area contributed by atoms with Gasteiger partial charge < -0.3 is 0 Å². The van der Waals surface area contributed by atoms with Crippen molar-refractivity contribution in [2.24, 2.45) is 0 Å². The van der Waals surface area contributed by atoms with Gasteiger partial charge in [-0.1, -0.05) is 11.6 Å². The molecule has 0 bridgehead atoms. The highest BCUT2D eigenvalue weighted by molar-refractivity contribution is 7.08. The first-order chi connectivity index (χ1) is 10.2. The molecule has 0 N–H and O–H groups in total. The first kappa shape index (κ1) is 12.8. The largest absolute Gasteiger partial charge is 0.292 e. The number of fused-ring (bicyclic) bond motifs is 2. The van der Waals surface area contributed by atoms with E-state index in [9.17, 15) is 4.79 Å². The molecule has 0 amide bonds. The van der Waals surface area contributed by atoms with Crippen LogP contribution in [0.5, 0.6) is 0 Å². The van der Waals surface area contributed by atoms with Crippen LogP contribution in [0, 0.1) is 0 Å². The van der Waals surface area contributed by atoms with Crippen molar-refractivity contribution in [1.29, 1.82) is 0 Å². The minimum Gasteiger partial charge on any atom is -0.292 e. The predicted octanol–water partition coefficient (Wildman–Crippen LogP) is 4.06. The van der Waals surface area contributed by atoms with Crippen molar-refractivity contribution in [1.82, 2.24) is 9.55 Å². The quantitative estimate of drug-likeness (QED) is 0.679. The second kappa shape index (κ2) is 4.83. The average molecular weight is 315 g/mol. The van der Waals surface area contributed by atoms with Gasteiger partial charge in [0.2, 0.25) is 0 Å². The van der Waals surface area contributed by atoms with Gasteiger partial charge in [0.25, 0.3) is 5.56 Å². The second-order valence-corrected chi connectivity index (χ2v) is 6.25. The predicted molar refractivity (Wildman–Crippen MR) is 87.8 cm³/mol. The van der Waals surface area contributed by atoms with E-state index >= 15 is 0 Å². The van der Waals surface area contributed by atoms with Crippen molar-refractivity contribution < 1.29 is 0 Å². The number of aromatic nitrogens is 2. The third-order valence-electron chi connectivity index (χ3n) is 3.69. The fourth-order valence-corrected chi connectivity index (χ4v) is 3.47. The molecule has 0 atom stereocenters. The minimum absolute atomic E-state index is 0.00813. The SMILES string of the molecule is O=c1c2cc(Cl)ccc2nc2n1CCC2=Cc1ccsc1. The maximum absolute atomic E-state index is 12.6. The Morgan fingerprint density at radius 3 is 3.05 bits per heavy atom. The molecule has 2 aromatic heterocycles. The lowest BCUT2D eigenvalue weighted by Crippen LogP contribution is -2.20. The zero-order valence-corrected chi connectivity index (χ0v) is 12.6. The van der Waals surface area contributed by atoms with Crippen LogP contribution in [0.25, 0.3) is 22.6 Å². The van der Waals surface area contributed by atoms with E-state index in [1.165, 1.54) is 0 Å². The van der Waals surface area contributed by atoms with Gasteiger partial charge in [-0.3, -0.25) is 9.36 Å². The lowest BCUT2D eigenvalue weighted by Gasteiger charge is -2.05. The third-order valence-corrected chi connectivity index (χ3v) is 4.63. The molecular weight excluding hydrogens is 304 g/mol. The Morgan fingerprint density at radius 1 is 1.33 bits per heavy atom. The Hall–Kier alpha value is -1.91. The minimum atomic E-state index is -0.00813. The standard InChI is InChI=1S/C16H11ClN2OS/c17-12-1-2-14-13(8-12)16(20)19-5-3-11(15(19)18-14)7-10-4-6-21-9-10/h1-2,4,6-9H,3,5H2. The molecule has 0 spiro atoms. The van der Waals surface area contributed by atoms with E-state index in [-0.39, 0.29) is 5.56 Å². The summed E-state index contributed by atoms with van der Waals surface area (Å²) in [5.74, 6) is 0.779. The van der Waals surface area contributed by atoms with Gasteiger partial charge >= 0.3 is 0 Å². The van der Waals surface area contributed by atoms with Crippen LogP contribution in [0.15, 0.2) is 39.8 Å². The van der Waals surface area contributed by atoms with Crippen molar-refractivity contribution in [2.75, 3.05) is 0 Å². The number of halogens is 1. The number of rotatable bonds is 1. The zero-order chi connectivity index (χ0) is 14.4. The van der Waals surface area contributed by atoms with E-state index in [0.717, 1.165) is 23.4 Å². The fourth-order valence-electron chi connectivity index (χ4n) is 2.68. The topological polar surface area (TPSA) is 34.9 Å². The lowest BCUT2D eigenvalue weighted by molar-refractivity contribution is 0.725. The number of allylic oxidation sites excluding steroid dienone is 1. The monoisotopic (exact) mass is 314 g/mol. The van der Waals surface area contributed by atoms with Gasteiger partial charge in [-0.25, -0.2) is 4.98 Å². The highest BCUT2D eigenvalue weighted by atomic mass is 35.5. The van der Waals surface area contributed by atoms with Gasteiger partial charge in [0, 0.05) is 11.6 Å². The van der Waals surface area contributed by atoms with E-state index in [2.05, 4.69) is 22.5 Å². The van der Waals surface area contributed by atoms with E-state index in [1.807, 2.05) is 5.38 Å². The maximum Gasteiger partial charge on any atom is 0.261 e. The summed E-state index contributed by atoms with van der Waals surface area (Å²) in [5.41, 5.74) is 2.97. The van der Waals surface area contributed by atoms with Crippen molar-refractivity contribution in [3.63, 3.8) is 0 Å². The van der Waals surface area contributed by atoms with Crippen molar-refractivity contribution >= 4 is 45.5 Å². The number of hydrogen-bond donors (Lipinski definition) is 0. The van der Waals surface area contributed by atoms with Crippen LogP contribution in [0.4, 0.5) is 0 Å². The number of thiophene rings is 1. The van der Waals surface area contributed by atoms with Crippen LogP contribution in [-0.2, 0) is 6.54 Å². The fraction of sp³-hybridized carbons (Fsp3) is 0.125. The smallest absolute Gasteiger partial charge is 0.261 e. The van der Waals surface area contributed by atoms with Crippen LogP contribution in [0.3, 0.4) is 0 Å². The zero-order valence-electron chi connectivity index (χ0n) is 11.0. The Kier molecular flexibility index (Phi) is 2.94. The van der Waals surface area contributed by atoms with Crippen LogP contribution in [0.1, 0.15) is 17.8 Å². The van der Waals surface area contributed by atoms with Gasteiger partial charge in [-0.2, -0.15) is 11.3 Å². The molecule has 0 fully saturated rings. The van der Waals surface area contributed by atoms with Crippen molar-refractivity contribution in [3.8, 4) is 0 Å². The van der Waals surface area contributed by atoms with Crippen LogP contribution in [-0.4, -0.2) is 9.55 Å². The molecule has 1 aromatic carbocycles. The molecule has 4 rings (SSSR count). The molecule has 1 aliphatic heterocycles. The van der Waals surface area contributed by atoms with Crippen LogP contribution >= 0.6 is 22.9 Å². The molecule has 0 saturated carbocycles. The van der Waals surface area contributed by atoms with Crippen molar-refractivity contribution in [2.45, 2.75) is 13.0 Å². The number of benzene rings is 1. The summed E-state index contributed by atoms with van der Waals surface area (Å²) >= 11 is 7.64. The molecule has 104 valence electrons. The Bertz CT molecular complexity index is 925. The maximum atomic E-state index is 12.6. The summed E-state index contributed by atoms with van der Waals surface area (Å²) in [6.07, 6.45) is 2.95. The Labute approximate surface area is 130 Å². The summed E-state index contributed by atoms with van der Waals surface area (Å²) in [6, 6.07) is 7.34. The lowest BCUT2D eigenvalue weighted by atomic mass is 10.1. The molecule has 0 unspecified atom stereocenters. The molecular formula is C16H11ClN2OS. The van der Waals surface area contributed by atoms with Gasteiger partial charge in [-0.05, 0) is 58.7 Å². The van der Waals surface area contributed by atoms with Crippen LogP contribution < -0.4 is 5.56 Å². The van der Waals surface area contributed by atoms with Gasteiger partial charge in [0.15, 0.2) is 0 Å². The Balaban J connectivity index is 1.96. The van der Waals surface area contributed by atoms with E-state index in [4.69, 9.17) is 11.6 Å². The first-order valence-corrected chi connectivity index (χ1v) is 7.98. The average Bonchev–Trinajstić information content (AvgIpc) is 3.11.